The smallest absolute Gasteiger partial charge is 0.243 e. The summed E-state index contributed by atoms with van der Waals surface area (Å²) in [5, 5.41) is 3.86. The molecule has 1 atom stereocenters. The van der Waals surface area contributed by atoms with E-state index in [2.05, 4.69) is 26.1 Å². The van der Waals surface area contributed by atoms with Gasteiger partial charge in [-0.1, -0.05) is 33.2 Å². The van der Waals surface area contributed by atoms with Gasteiger partial charge in [0.05, 0.1) is 6.04 Å². The first kappa shape index (κ1) is 10.3. The molecule has 0 amide bonds. The van der Waals surface area contributed by atoms with E-state index >= 15 is 0 Å². The maximum atomic E-state index is 5.63. The van der Waals surface area contributed by atoms with Crippen LogP contribution in [0.2, 0.25) is 0 Å². The van der Waals surface area contributed by atoms with E-state index < -0.39 is 0 Å². The molecule has 1 heterocycles. The van der Waals surface area contributed by atoms with Crippen molar-refractivity contribution in [2.24, 2.45) is 5.73 Å². The van der Waals surface area contributed by atoms with E-state index in [1.165, 1.54) is 0 Å². The Morgan fingerprint density at radius 1 is 1.47 bits per heavy atom. The first-order chi connectivity index (χ1) is 7.16. The number of nitrogens with two attached hydrogens (primary N) is 1. The van der Waals surface area contributed by atoms with Crippen LogP contribution in [-0.4, -0.2) is 10.1 Å². The first-order valence-corrected chi connectivity index (χ1v) is 5.31. The van der Waals surface area contributed by atoms with Crippen LogP contribution in [0, 0.1) is 0 Å². The lowest BCUT2D eigenvalue weighted by Crippen LogP contribution is -2.04. The Balaban J connectivity index is 2.37. The third-order valence-electron chi connectivity index (χ3n) is 1.91. The normalized spacial score (nSPS) is 12.7. The molecule has 0 unspecified atom stereocenters. The Labute approximate surface area is 95.6 Å². The number of rotatable bonds is 2. The lowest BCUT2D eigenvalue weighted by atomic mass is 10.2. The summed E-state index contributed by atoms with van der Waals surface area (Å²) in [6, 6.07) is 7.46. The number of nitrogens with zero attached hydrogens (tertiary/aromatic N) is 2. The molecule has 1 aromatic carbocycles. The fourth-order valence-corrected chi connectivity index (χ4v) is 1.56. The van der Waals surface area contributed by atoms with Gasteiger partial charge in [-0.05, 0) is 19.1 Å². The molecule has 0 radical (unpaired) electrons. The molecule has 15 heavy (non-hydrogen) atoms. The number of hydrogen-bond acceptors (Lipinski definition) is 4. The van der Waals surface area contributed by atoms with E-state index in [0.29, 0.717) is 11.7 Å². The van der Waals surface area contributed by atoms with Gasteiger partial charge in [0.1, 0.15) is 0 Å². The van der Waals surface area contributed by atoms with Crippen molar-refractivity contribution >= 4 is 15.9 Å². The molecule has 2 N–H and O–H groups in total. The van der Waals surface area contributed by atoms with Gasteiger partial charge >= 0.3 is 0 Å². The molecule has 0 bridgehead atoms. The van der Waals surface area contributed by atoms with Crippen LogP contribution in [0.1, 0.15) is 18.9 Å². The topological polar surface area (TPSA) is 64.9 Å². The highest BCUT2D eigenvalue weighted by Gasteiger charge is 2.11. The van der Waals surface area contributed by atoms with Crippen LogP contribution in [0.25, 0.3) is 11.4 Å². The van der Waals surface area contributed by atoms with Crippen molar-refractivity contribution in [3.8, 4) is 11.4 Å². The molecule has 1 aromatic heterocycles. The van der Waals surface area contributed by atoms with E-state index in [-0.39, 0.29) is 6.04 Å². The fraction of sp³-hybridized carbons (Fsp3) is 0.200. The van der Waals surface area contributed by atoms with Gasteiger partial charge in [0.25, 0.3) is 0 Å². The van der Waals surface area contributed by atoms with Gasteiger partial charge in [0, 0.05) is 10.0 Å². The predicted octanol–water partition coefficient (Wildman–Crippen LogP) is 2.52. The number of halogens is 1. The average molecular weight is 268 g/mol. The summed E-state index contributed by atoms with van der Waals surface area (Å²) in [6.45, 7) is 1.80. The molecule has 2 rings (SSSR count). The second-order valence-electron chi connectivity index (χ2n) is 3.26. The van der Waals surface area contributed by atoms with Crippen LogP contribution in [0.15, 0.2) is 33.3 Å². The van der Waals surface area contributed by atoms with Gasteiger partial charge < -0.3 is 10.3 Å². The Bertz CT molecular complexity index is 467. The second-order valence-corrected chi connectivity index (χ2v) is 4.17. The van der Waals surface area contributed by atoms with Crippen molar-refractivity contribution in [1.29, 1.82) is 0 Å². The Morgan fingerprint density at radius 2 is 2.27 bits per heavy atom. The summed E-state index contributed by atoms with van der Waals surface area (Å²) >= 11 is 3.38. The molecule has 0 fully saturated rings. The summed E-state index contributed by atoms with van der Waals surface area (Å²) < 4.78 is 6.00. The van der Waals surface area contributed by atoms with E-state index in [4.69, 9.17) is 10.3 Å². The van der Waals surface area contributed by atoms with Crippen LogP contribution < -0.4 is 5.73 Å². The van der Waals surface area contributed by atoms with E-state index in [1.807, 2.05) is 24.3 Å². The van der Waals surface area contributed by atoms with E-state index in [9.17, 15) is 0 Å². The molecule has 0 aliphatic heterocycles. The maximum Gasteiger partial charge on any atom is 0.243 e. The maximum absolute atomic E-state index is 5.63. The molecule has 78 valence electrons. The van der Waals surface area contributed by atoms with Gasteiger partial charge in [0.2, 0.25) is 11.7 Å². The zero-order valence-corrected chi connectivity index (χ0v) is 9.73. The highest BCUT2D eigenvalue weighted by molar-refractivity contribution is 9.10. The van der Waals surface area contributed by atoms with Crippen molar-refractivity contribution in [3.63, 3.8) is 0 Å². The number of hydrogen-bond donors (Lipinski definition) is 1. The van der Waals surface area contributed by atoms with Crippen molar-refractivity contribution in [1.82, 2.24) is 10.1 Å². The molecule has 0 spiro atoms. The third-order valence-corrected chi connectivity index (χ3v) is 2.41. The molecule has 2 aromatic rings. The van der Waals surface area contributed by atoms with Gasteiger partial charge in [-0.25, -0.2) is 0 Å². The third kappa shape index (κ3) is 2.24. The molecular formula is C10H10BrN3O. The zero-order valence-electron chi connectivity index (χ0n) is 8.14. The van der Waals surface area contributed by atoms with Gasteiger partial charge in [-0.15, -0.1) is 0 Å². The van der Waals surface area contributed by atoms with Crippen molar-refractivity contribution in [2.75, 3.05) is 0 Å². The average Bonchev–Trinajstić information content (AvgIpc) is 2.66. The zero-order chi connectivity index (χ0) is 10.8. The van der Waals surface area contributed by atoms with Crippen molar-refractivity contribution in [3.05, 3.63) is 34.6 Å². The van der Waals surface area contributed by atoms with E-state index in [1.54, 1.807) is 6.92 Å². The molecular weight excluding hydrogens is 258 g/mol. The van der Waals surface area contributed by atoms with Crippen LogP contribution in [-0.2, 0) is 0 Å². The lowest BCUT2D eigenvalue weighted by molar-refractivity contribution is 0.362. The Kier molecular flexibility index (Phi) is 2.83. The van der Waals surface area contributed by atoms with Gasteiger partial charge in [0.15, 0.2) is 0 Å². The van der Waals surface area contributed by atoms with Crippen LogP contribution in [0.5, 0.6) is 0 Å². The lowest BCUT2D eigenvalue weighted by Gasteiger charge is -1.95. The largest absolute Gasteiger partial charge is 0.337 e. The molecule has 0 saturated carbocycles. The second kappa shape index (κ2) is 4.12. The van der Waals surface area contributed by atoms with Crippen molar-refractivity contribution in [2.45, 2.75) is 13.0 Å². The monoisotopic (exact) mass is 267 g/mol. The minimum atomic E-state index is -0.238. The predicted molar refractivity (Wildman–Crippen MR) is 60.0 cm³/mol. The molecule has 5 heteroatoms. The minimum Gasteiger partial charge on any atom is -0.337 e. The summed E-state index contributed by atoms with van der Waals surface area (Å²) in [5.74, 6) is 1.01. The van der Waals surface area contributed by atoms with Crippen LogP contribution in [0.4, 0.5) is 0 Å². The summed E-state index contributed by atoms with van der Waals surface area (Å²) in [7, 11) is 0. The Hall–Kier alpha value is -1.20. The molecule has 0 saturated heterocycles. The standard InChI is InChI=1S/C10H10BrN3O/c1-6(12)10-13-9(14-15-10)7-3-2-4-8(11)5-7/h2-6H,12H2,1H3/t6-/m1/s1. The summed E-state index contributed by atoms with van der Waals surface area (Å²) in [4.78, 5) is 4.20. The van der Waals surface area contributed by atoms with Crippen LogP contribution >= 0.6 is 15.9 Å². The highest BCUT2D eigenvalue weighted by atomic mass is 79.9. The highest BCUT2D eigenvalue weighted by Crippen LogP contribution is 2.21. The van der Waals surface area contributed by atoms with E-state index in [0.717, 1.165) is 10.0 Å². The SMILES string of the molecule is C[C@@H](N)c1nc(-c2cccc(Br)c2)no1. The Morgan fingerprint density at radius 3 is 2.87 bits per heavy atom. The summed E-state index contributed by atoms with van der Waals surface area (Å²) in [5.41, 5.74) is 6.53. The quantitative estimate of drug-likeness (QED) is 0.908. The molecule has 4 nitrogen and oxygen atoms in total. The van der Waals surface area contributed by atoms with Crippen molar-refractivity contribution < 1.29 is 4.52 Å². The first-order valence-electron chi connectivity index (χ1n) is 4.52. The minimum absolute atomic E-state index is 0.238. The number of benzene rings is 1. The fourth-order valence-electron chi connectivity index (χ4n) is 1.16. The number of aromatic nitrogens is 2. The summed E-state index contributed by atoms with van der Waals surface area (Å²) in [6.07, 6.45) is 0. The van der Waals surface area contributed by atoms with Gasteiger partial charge in [-0.3, -0.25) is 0 Å². The van der Waals surface area contributed by atoms with Gasteiger partial charge in [-0.2, -0.15) is 4.98 Å². The molecule has 0 aliphatic rings. The molecule has 0 aliphatic carbocycles. The van der Waals surface area contributed by atoms with Crippen LogP contribution in [0.3, 0.4) is 0 Å².